The number of benzene rings is 2. The average molecular weight is 464 g/mol. The number of anilines is 2. The Hall–Kier alpha value is -2.62. The highest BCUT2D eigenvalue weighted by atomic mass is 35.5. The summed E-state index contributed by atoms with van der Waals surface area (Å²) in [5.74, 6) is 0.557. The van der Waals surface area contributed by atoms with E-state index in [-0.39, 0.29) is 22.5 Å². The minimum Gasteiger partial charge on any atom is -0.482 e. The second-order valence-electron chi connectivity index (χ2n) is 6.61. The summed E-state index contributed by atoms with van der Waals surface area (Å²) in [6.45, 7) is 2.63. The Labute approximate surface area is 183 Å². The summed E-state index contributed by atoms with van der Waals surface area (Å²) in [6.07, 6.45) is 0.822. The highest BCUT2D eigenvalue weighted by Crippen LogP contribution is 2.37. The molecular weight excluding hydrogens is 446 g/mol. The molecule has 0 saturated carbocycles. The van der Waals surface area contributed by atoms with Crippen LogP contribution in [0.4, 0.5) is 10.8 Å². The van der Waals surface area contributed by atoms with E-state index in [0.29, 0.717) is 28.7 Å². The summed E-state index contributed by atoms with van der Waals surface area (Å²) >= 11 is 7.00. The molecule has 7 nitrogen and oxygen atoms in total. The number of rotatable bonds is 6. The Bertz CT molecular complexity index is 1190. The summed E-state index contributed by atoms with van der Waals surface area (Å²) in [4.78, 5) is 18.4. The van der Waals surface area contributed by atoms with Crippen LogP contribution in [0.1, 0.15) is 13.3 Å². The fraction of sp³-hybridized carbons (Fsp3) is 0.200. The summed E-state index contributed by atoms with van der Waals surface area (Å²) in [6, 6.07) is 11.4. The van der Waals surface area contributed by atoms with E-state index in [1.165, 1.54) is 35.6 Å². The predicted molar refractivity (Wildman–Crippen MR) is 118 cm³/mol. The molecule has 156 valence electrons. The molecule has 2 aromatic carbocycles. The number of sulfonamides is 1. The fourth-order valence-corrected chi connectivity index (χ4v) is 5.17. The second kappa shape index (κ2) is 8.25. The monoisotopic (exact) mass is 463 g/mol. The summed E-state index contributed by atoms with van der Waals surface area (Å²) in [7, 11) is -3.77. The van der Waals surface area contributed by atoms with Gasteiger partial charge < -0.3 is 9.64 Å². The maximum Gasteiger partial charge on any atom is 0.265 e. The molecule has 0 bridgehead atoms. The SMILES string of the molecule is CCCN1C(=O)COc2ccc(-c3csc(NS(=O)(=O)c4ccc(Cl)cc4)n3)cc21. The van der Waals surface area contributed by atoms with Gasteiger partial charge in [0, 0.05) is 22.5 Å². The average Bonchev–Trinajstić information content (AvgIpc) is 3.18. The van der Waals surface area contributed by atoms with Gasteiger partial charge >= 0.3 is 0 Å². The van der Waals surface area contributed by atoms with Crippen LogP contribution < -0.4 is 14.4 Å². The van der Waals surface area contributed by atoms with Crippen molar-refractivity contribution in [1.82, 2.24) is 4.98 Å². The number of aromatic nitrogens is 1. The number of halogens is 1. The van der Waals surface area contributed by atoms with Crippen LogP contribution in [0.2, 0.25) is 5.02 Å². The summed E-state index contributed by atoms with van der Waals surface area (Å²) in [5.41, 5.74) is 2.06. The van der Waals surface area contributed by atoms with Gasteiger partial charge in [0.15, 0.2) is 11.7 Å². The normalized spacial score (nSPS) is 13.7. The van der Waals surface area contributed by atoms with Crippen molar-refractivity contribution in [2.24, 2.45) is 0 Å². The van der Waals surface area contributed by atoms with Crippen molar-refractivity contribution in [2.45, 2.75) is 18.2 Å². The Morgan fingerprint density at radius 1 is 1.23 bits per heavy atom. The number of carbonyl (C=O) groups is 1. The number of hydrogen-bond donors (Lipinski definition) is 1. The second-order valence-corrected chi connectivity index (χ2v) is 9.59. The van der Waals surface area contributed by atoms with Crippen LogP contribution in [-0.2, 0) is 14.8 Å². The van der Waals surface area contributed by atoms with Crippen molar-refractivity contribution in [3.05, 3.63) is 52.9 Å². The van der Waals surface area contributed by atoms with Crippen molar-refractivity contribution in [3.63, 3.8) is 0 Å². The number of hydrogen-bond acceptors (Lipinski definition) is 6. The number of nitrogens with zero attached hydrogens (tertiary/aromatic N) is 2. The molecule has 4 rings (SSSR count). The lowest BCUT2D eigenvalue weighted by molar-refractivity contribution is -0.121. The van der Waals surface area contributed by atoms with E-state index in [1.807, 2.05) is 19.1 Å². The molecule has 0 radical (unpaired) electrons. The Morgan fingerprint density at radius 2 is 2.00 bits per heavy atom. The van der Waals surface area contributed by atoms with Gasteiger partial charge in [-0.1, -0.05) is 18.5 Å². The molecule has 2 heterocycles. The maximum absolute atomic E-state index is 12.6. The van der Waals surface area contributed by atoms with Crippen LogP contribution >= 0.6 is 22.9 Å². The zero-order valence-corrected chi connectivity index (χ0v) is 18.4. The zero-order valence-electron chi connectivity index (χ0n) is 16.0. The third-order valence-corrected chi connectivity index (χ3v) is 6.99. The van der Waals surface area contributed by atoms with Crippen LogP contribution in [0.15, 0.2) is 52.7 Å². The first-order valence-corrected chi connectivity index (χ1v) is 11.9. The van der Waals surface area contributed by atoms with Crippen molar-refractivity contribution in [2.75, 3.05) is 22.8 Å². The number of amides is 1. The van der Waals surface area contributed by atoms with Crippen molar-refractivity contribution >= 4 is 49.7 Å². The van der Waals surface area contributed by atoms with E-state index >= 15 is 0 Å². The van der Waals surface area contributed by atoms with Crippen molar-refractivity contribution < 1.29 is 17.9 Å². The molecule has 0 saturated heterocycles. The molecule has 0 aliphatic carbocycles. The van der Waals surface area contributed by atoms with Crippen LogP contribution in [0, 0.1) is 0 Å². The molecule has 1 aromatic heterocycles. The van der Waals surface area contributed by atoms with E-state index in [4.69, 9.17) is 16.3 Å². The minimum absolute atomic E-state index is 0.0275. The molecule has 1 amide bonds. The number of carbonyl (C=O) groups excluding carboxylic acids is 1. The zero-order chi connectivity index (χ0) is 21.3. The molecule has 0 fully saturated rings. The third kappa shape index (κ3) is 4.14. The molecule has 0 unspecified atom stereocenters. The number of ether oxygens (including phenoxy) is 1. The van der Waals surface area contributed by atoms with Crippen molar-refractivity contribution in [3.8, 4) is 17.0 Å². The van der Waals surface area contributed by atoms with Gasteiger partial charge in [0.25, 0.3) is 15.9 Å². The van der Waals surface area contributed by atoms with E-state index in [2.05, 4.69) is 9.71 Å². The lowest BCUT2D eigenvalue weighted by Gasteiger charge is -2.29. The van der Waals surface area contributed by atoms with Crippen LogP contribution in [-0.4, -0.2) is 32.5 Å². The van der Waals surface area contributed by atoms with Crippen LogP contribution in [0.3, 0.4) is 0 Å². The molecule has 10 heteroatoms. The van der Waals surface area contributed by atoms with Gasteiger partial charge in [-0.3, -0.25) is 9.52 Å². The first-order chi connectivity index (χ1) is 14.4. The molecule has 3 aromatic rings. The molecule has 30 heavy (non-hydrogen) atoms. The quantitative estimate of drug-likeness (QED) is 0.585. The van der Waals surface area contributed by atoms with Crippen molar-refractivity contribution in [1.29, 1.82) is 0 Å². The number of nitrogens with one attached hydrogen (secondary N) is 1. The third-order valence-electron chi connectivity index (χ3n) is 4.49. The largest absolute Gasteiger partial charge is 0.482 e. The Kier molecular flexibility index (Phi) is 5.68. The van der Waals surface area contributed by atoms with Gasteiger partial charge in [-0.05, 0) is 48.9 Å². The molecule has 1 aliphatic rings. The highest BCUT2D eigenvalue weighted by molar-refractivity contribution is 7.93. The number of fused-ring (bicyclic) bond motifs is 1. The van der Waals surface area contributed by atoms with Gasteiger partial charge in [-0.2, -0.15) is 0 Å². The predicted octanol–water partition coefficient (Wildman–Crippen LogP) is 4.40. The number of thiazole rings is 1. The lowest BCUT2D eigenvalue weighted by atomic mass is 10.1. The van der Waals surface area contributed by atoms with E-state index in [9.17, 15) is 13.2 Å². The fourth-order valence-electron chi connectivity index (χ4n) is 3.07. The Morgan fingerprint density at radius 3 is 2.73 bits per heavy atom. The van der Waals surface area contributed by atoms with E-state index in [0.717, 1.165) is 12.0 Å². The van der Waals surface area contributed by atoms with Gasteiger partial charge in [-0.15, -0.1) is 11.3 Å². The molecule has 1 N–H and O–H groups in total. The van der Waals surface area contributed by atoms with E-state index in [1.54, 1.807) is 16.3 Å². The van der Waals surface area contributed by atoms with Gasteiger partial charge in [0.2, 0.25) is 0 Å². The standard InChI is InChI=1S/C20H18ClN3O4S2/c1-2-9-24-17-10-13(3-8-18(17)28-11-19(24)25)16-12-29-20(22-16)23-30(26,27)15-6-4-14(21)5-7-15/h3-8,10,12H,2,9,11H2,1H3,(H,22,23). The van der Waals surface area contributed by atoms with Gasteiger partial charge in [0.1, 0.15) is 5.75 Å². The van der Waals surface area contributed by atoms with Crippen LogP contribution in [0.25, 0.3) is 11.3 Å². The molecule has 0 spiro atoms. The first kappa shape index (κ1) is 20.6. The van der Waals surface area contributed by atoms with E-state index < -0.39 is 10.0 Å². The molecular formula is C20H18ClN3O4S2. The summed E-state index contributed by atoms with van der Waals surface area (Å²) < 4.78 is 33.1. The topological polar surface area (TPSA) is 88.6 Å². The highest BCUT2D eigenvalue weighted by Gasteiger charge is 2.25. The van der Waals surface area contributed by atoms with Gasteiger partial charge in [-0.25, -0.2) is 13.4 Å². The molecule has 1 aliphatic heterocycles. The maximum atomic E-state index is 12.6. The first-order valence-electron chi connectivity index (χ1n) is 9.19. The molecule has 0 atom stereocenters. The van der Waals surface area contributed by atoms with Gasteiger partial charge in [0.05, 0.1) is 16.3 Å². The minimum atomic E-state index is -3.77. The van der Waals surface area contributed by atoms with Crippen LogP contribution in [0.5, 0.6) is 5.75 Å². The summed E-state index contributed by atoms with van der Waals surface area (Å²) in [5, 5.41) is 2.46. The Balaban J connectivity index is 1.60. The smallest absolute Gasteiger partial charge is 0.265 e. The lowest BCUT2D eigenvalue weighted by Crippen LogP contribution is -2.39.